The fourth-order valence-corrected chi connectivity index (χ4v) is 2.69. The van der Waals surface area contributed by atoms with Crippen LogP contribution in [0.4, 0.5) is 5.69 Å². The van der Waals surface area contributed by atoms with Crippen LogP contribution in [-0.4, -0.2) is 14.9 Å². The second-order valence-electron chi connectivity index (χ2n) is 4.05. The zero-order valence-electron chi connectivity index (χ0n) is 10.7. The Bertz CT molecular complexity index is 620. The molecule has 0 amide bonds. The van der Waals surface area contributed by atoms with Crippen LogP contribution in [0.1, 0.15) is 19.2 Å². The first-order chi connectivity index (χ1) is 9.58. The van der Waals surface area contributed by atoms with Gasteiger partial charge in [-0.15, -0.1) is 0 Å². The molecule has 0 saturated carbocycles. The number of rotatable bonds is 5. The smallest absolute Gasteiger partial charge is 0.258 e. The van der Waals surface area contributed by atoms with Crippen molar-refractivity contribution < 1.29 is 4.92 Å². The van der Waals surface area contributed by atoms with Gasteiger partial charge in [0.15, 0.2) is 0 Å². The van der Waals surface area contributed by atoms with Crippen molar-refractivity contribution in [2.45, 2.75) is 29.7 Å². The van der Waals surface area contributed by atoms with E-state index in [9.17, 15) is 10.1 Å². The van der Waals surface area contributed by atoms with Gasteiger partial charge in [-0.2, -0.15) is 0 Å². The van der Waals surface area contributed by atoms with Gasteiger partial charge in [-0.25, -0.2) is 9.97 Å². The predicted molar refractivity (Wildman–Crippen MR) is 78.3 cm³/mol. The van der Waals surface area contributed by atoms with Crippen LogP contribution in [0.25, 0.3) is 0 Å². The van der Waals surface area contributed by atoms with Gasteiger partial charge in [-0.1, -0.05) is 30.3 Å². The Balaban J connectivity index is 2.18. The summed E-state index contributed by atoms with van der Waals surface area (Å²) in [5.74, 6) is 0.712. The van der Waals surface area contributed by atoms with Crippen molar-refractivity contribution in [2.75, 3.05) is 0 Å². The Hall–Kier alpha value is -1.66. The van der Waals surface area contributed by atoms with Gasteiger partial charge in [0.2, 0.25) is 0 Å². The second-order valence-corrected chi connectivity index (χ2v) is 5.53. The fraction of sp³-hybridized carbons (Fsp3) is 0.231. The normalized spacial score (nSPS) is 10.5. The summed E-state index contributed by atoms with van der Waals surface area (Å²) in [6.45, 7) is 2.05. The number of hydrogen-bond donors (Lipinski definition) is 0. The summed E-state index contributed by atoms with van der Waals surface area (Å²) in [5, 5.41) is 11.7. The van der Waals surface area contributed by atoms with Gasteiger partial charge >= 0.3 is 0 Å². The molecule has 2 aromatic rings. The summed E-state index contributed by atoms with van der Waals surface area (Å²) in [6.07, 6.45) is 1.72. The maximum Gasteiger partial charge on any atom is 0.269 e. The van der Waals surface area contributed by atoms with E-state index in [0.29, 0.717) is 11.0 Å². The first-order valence-electron chi connectivity index (χ1n) is 6.04. The summed E-state index contributed by atoms with van der Waals surface area (Å²) in [5.41, 5.74) is 0.0711. The molecule has 2 rings (SSSR count). The molecular formula is C13H12ClN3O2S. The molecule has 5 nitrogen and oxygen atoms in total. The average Bonchev–Trinajstić information content (AvgIpc) is 2.39. The lowest BCUT2D eigenvalue weighted by Crippen LogP contribution is -1.96. The van der Waals surface area contributed by atoms with Gasteiger partial charge in [0.1, 0.15) is 16.0 Å². The number of nitro benzene ring substituents is 1. The maximum atomic E-state index is 10.6. The van der Waals surface area contributed by atoms with Crippen LogP contribution in [0.2, 0.25) is 5.15 Å². The summed E-state index contributed by atoms with van der Waals surface area (Å²) in [4.78, 5) is 19.6. The summed E-state index contributed by atoms with van der Waals surface area (Å²) < 4.78 is 0. The predicted octanol–water partition coefficient (Wildman–Crippen LogP) is 4.14. The van der Waals surface area contributed by atoms with Crippen molar-refractivity contribution in [2.24, 2.45) is 0 Å². The van der Waals surface area contributed by atoms with Gasteiger partial charge in [0.25, 0.3) is 5.69 Å². The first-order valence-corrected chi connectivity index (χ1v) is 7.23. The van der Waals surface area contributed by atoms with Gasteiger partial charge < -0.3 is 0 Å². The summed E-state index contributed by atoms with van der Waals surface area (Å²) in [6, 6.07) is 8.01. The zero-order chi connectivity index (χ0) is 14.5. The van der Waals surface area contributed by atoms with E-state index in [1.807, 2.05) is 6.92 Å². The lowest BCUT2D eigenvalue weighted by molar-refractivity contribution is -0.384. The highest BCUT2D eigenvalue weighted by atomic mass is 35.5. The van der Waals surface area contributed by atoms with Crippen LogP contribution in [0.5, 0.6) is 0 Å². The SMILES string of the molecule is CCCc1nc(Cl)cc(Sc2ccc([N+](=O)[O-])cc2)n1. The molecule has 20 heavy (non-hydrogen) atoms. The van der Waals surface area contributed by atoms with Crippen LogP contribution < -0.4 is 0 Å². The van der Waals surface area contributed by atoms with Crippen LogP contribution >= 0.6 is 23.4 Å². The molecule has 104 valence electrons. The van der Waals surface area contributed by atoms with Crippen molar-refractivity contribution in [3.63, 3.8) is 0 Å². The first kappa shape index (κ1) is 14.7. The molecule has 0 atom stereocenters. The number of aromatic nitrogens is 2. The minimum absolute atomic E-state index is 0.0711. The van der Waals surface area contributed by atoms with Gasteiger partial charge in [-0.3, -0.25) is 10.1 Å². The van der Waals surface area contributed by atoms with Crippen molar-refractivity contribution >= 4 is 29.1 Å². The van der Waals surface area contributed by atoms with E-state index >= 15 is 0 Å². The highest BCUT2D eigenvalue weighted by Gasteiger charge is 2.07. The second kappa shape index (κ2) is 6.67. The van der Waals surface area contributed by atoms with Crippen molar-refractivity contribution in [1.29, 1.82) is 0 Å². The van der Waals surface area contributed by atoms with Crippen molar-refractivity contribution in [3.05, 3.63) is 51.4 Å². The van der Waals surface area contributed by atoms with Crippen molar-refractivity contribution in [1.82, 2.24) is 9.97 Å². The lowest BCUT2D eigenvalue weighted by atomic mass is 10.3. The molecule has 0 aliphatic carbocycles. The molecule has 0 N–H and O–H groups in total. The fourth-order valence-electron chi connectivity index (χ4n) is 1.59. The van der Waals surface area contributed by atoms with Crippen LogP contribution in [-0.2, 0) is 6.42 Å². The molecule has 0 unspecified atom stereocenters. The molecule has 0 spiro atoms. The van der Waals surface area contributed by atoms with E-state index in [-0.39, 0.29) is 5.69 Å². The third-order valence-electron chi connectivity index (χ3n) is 2.46. The maximum absolute atomic E-state index is 10.6. The number of hydrogen-bond acceptors (Lipinski definition) is 5. The number of halogens is 1. The molecule has 1 aromatic heterocycles. The minimum atomic E-state index is -0.421. The Morgan fingerprint density at radius 3 is 2.60 bits per heavy atom. The third-order valence-corrected chi connectivity index (χ3v) is 3.58. The van der Waals surface area contributed by atoms with Gasteiger partial charge in [0, 0.05) is 29.5 Å². The molecule has 0 fully saturated rings. The van der Waals surface area contributed by atoms with E-state index < -0.39 is 4.92 Å². The zero-order valence-corrected chi connectivity index (χ0v) is 12.3. The number of nitro groups is 1. The Labute approximate surface area is 125 Å². The van der Waals surface area contributed by atoms with E-state index in [4.69, 9.17) is 11.6 Å². The van der Waals surface area contributed by atoms with Crippen LogP contribution in [0, 0.1) is 10.1 Å². The van der Waals surface area contributed by atoms with E-state index in [0.717, 1.165) is 22.8 Å². The molecule has 7 heteroatoms. The number of benzene rings is 1. The largest absolute Gasteiger partial charge is 0.269 e. The molecule has 1 heterocycles. The van der Waals surface area contributed by atoms with E-state index in [1.54, 1.807) is 18.2 Å². The molecule has 1 aromatic carbocycles. The number of non-ortho nitro benzene ring substituents is 1. The van der Waals surface area contributed by atoms with Gasteiger partial charge in [-0.05, 0) is 18.6 Å². The quantitative estimate of drug-likeness (QED) is 0.471. The Kier molecular flexibility index (Phi) is 4.92. The van der Waals surface area contributed by atoms with Gasteiger partial charge in [0.05, 0.1) is 4.92 Å². The number of nitrogens with zero attached hydrogens (tertiary/aromatic N) is 3. The molecule has 0 radical (unpaired) electrons. The van der Waals surface area contributed by atoms with E-state index in [1.165, 1.54) is 23.9 Å². The molecule has 0 aliphatic heterocycles. The van der Waals surface area contributed by atoms with E-state index in [2.05, 4.69) is 9.97 Å². The Morgan fingerprint density at radius 1 is 1.30 bits per heavy atom. The summed E-state index contributed by atoms with van der Waals surface area (Å²) >= 11 is 7.37. The average molecular weight is 310 g/mol. The lowest BCUT2D eigenvalue weighted by Gasteiger charge is -2.04. The molecular weight excluding hydrogens is 298 g/mol. The van der Waals surface area contributed by atoms with Crippen LogP contribution in [0.15, 0.2) is 40.3 Å². The molecule has 0 aliphatic rings. The topological polar surface area (TPSA) is 68.9 Å². The third kappa shape index (κ3) is 3.91. The monoisotopic (exact) mass is 309 g/mol. The highest BCUT2D eigenvalue weighted by molar-refractivity contribution is 7.99. The molecule has 0 saturated heterocycles. The standard InChI is InChI=1S/C13H12ClN3O2S/c1-2-3-12-15-11(14)8-13(16-12)20-10-6-4-9(5-7-10)17(18)19/h4-8H,2-3H2,1H3. The Morgan fingerprint density at radius 2 is 2.00 bits per heavy atom. The molecule has 0 bridgehead atoms. The highest BCUT2D eigenvalue weighted by Crippen LogP contribution is 2.28. The van der Waals surface area contributed by atoms with Crippen LogP contribution in [0.3, 0.4) is 0 Å². The van der Waals surface area contributed by atoms with Crippen molar-refractivity contribution in [3.8, 4) is 0 Å². The summed E-state index contributed by atoms with van der Waals surface area (Å²) in [7, 11) is 0. The minimum Gasteiger partial charge on any atom is -0.258 e. The number of aryl methyl sites for hydroxylation is 1.